The Morgan fingerprint density at radius 1 is 1.16 bits per heavy atom. The smallest absolute Gasteiger partial charge is 0.188 e. The van der Waals surface area contributed by atoms with E-state index in [2.05, 4.69) is 10.3 Å². The van der Waals surface area contributed by atoms with Crippen LogP contribution in [0.15, 0.2) is 36.4 Å². The summed E-state index contributed by atoms with van der Waals surface area (Å²) < 4.78 is 14.0. The van der Waals surface area contributed by atoms with Gasteiger partial charge < -0.3 is 5.32 Å². The van der Waals surface area contributed by atoms with Crippen molar-refractivity contribution in [1.82, 2.24) is 4.98 Å². The van der Waals surface area contributed by atoms with Gasteiger partial charge in [-0.3, -0.25) is 0 Å². The van der Waals surface area contributed by atoms with Gasteiger partial charge in [-0.15, -0.1) is 0 Å². The highest BCUT2D eigenvalue weighted by Gasteiger charge is 2.08. The van der Waals surface area contributed by atoms with Crippen molar-refractivity contribution in [3.8, 4) is 0 Å². The molecule has 0 aliphatic carbocycles. The summed E-state index contributed by atoms with van der Waals surface area (Å²) in [7, 11) is 0. The minimum atomic E-state index is -0.301. The highest BCUT2D eigenvalue weighted by Crippen LogP contribution is 2.34. The van der Waals surface area contributed by atoms with Crippen LogP contribution in [0.2, 0.25) is 10.0 Å². The van der Waals surface area contributed by atoms with Crippen molar-refractivity contribution in [2.75, 3.05) is 5.32 Å². The molecule has 3 rings (SSSR count). The molecule has 0 amide bonds. The first-order chi connectivity index (χ1) is 9.13. The lowest BCUT2D eigenvalue weighted by molar-refractivity contribution is 0.629. The van der Waals surface area contributed by atoms with E-state index in [1.807, 2.05) is 0 Å². The molecule has 0 spiro atoms. The lowest BCUT2D eigenvalue weighted by atomic mass is 10.3. The lowest BCUT2D eigenvalue weighted by Crippen LogP contribution is -1.90. The maximum Gasteiger partial charge on any atom is 0.188 e. The van der Waals surface area contributed by atoms with Crippen molar-refractivity contribution in [3.63, 3.8) is 0 Å². The second-order valence-electron chi connectivity index (χ2n) is 3.86. The number of anilines is 2. The van der Waals surface area contributed by atoms with Crippen LogP contribution in [-0.4, -0.2) is 4.98 Å². The Bertz CT molecular complexity index is 757. The fourth-order valence-electron chi connectivity index (χ4n) is 1.67. The molecule has 1 N–H and O–H groups in total. The van der Waals surface area contributed by atoms with Crippen molar-refractivity contribution in [2.45, 2.75) is 0 Å². The molecule has 19 heavy (non-hydrogen) atoms. The zero-order valence-electron chi connectivity index (χ0n) is 9.45. The summed E-state index contributed by atoms with van der Waals surface area (Å²) in [5, 5.41) is 4.64. The average molecular weight is 313 g/mol. The molecule has 3 aromatic rings. The first kappa shape index (κ1) is 12.7. The standard InChI is InChI=1S/C13H7Cl2FN2S/c14-8-2-1-3-9(12(8)15)17-13-18-10-6-7(16)4-5-11(10)19-13/h1-6H,(H,17,18). The minimum absolute atomic E-state index is 0.301. The van der Waals surface area contributed by atoms with Gasteiger partial charge in [0.05, 0.1) is 25.9 Å². The molecule has 0 radical (unpaired) electrons. The molecule has 0 aliphatic rings. The molecule has 0 aliphatic heterocycles. The Hall–Kier alpha value is -1.36. The van der Waals surface area contributed by atoms with E-state index in [0.717, 1.165) is 4.70 Å². The summed E-state index contributed by atoms with van der Waals surface area (Å²) in [6, 6.07) is 9.83. The fraction of sp³-hybridized carbons (Fsp3) is 0. The van der Waals surface area contributed by atoms with Gasteiger partial charge in [0.15, 0.2) is 5.13 Å². The molecule has 0 saturated heterocycles. The fourth-order valence-corrected chi connectivity index (χ4v) is 2.88. The molecule has 0 saturated carbocycles. The Morgan fingerprint density at radius 2 is 2.00 bits per heavy atom. The van der Waals surface area contributed by atoms with Crippen molar-refractivity contribution < 1.29 is 4.39 Å². The minimum Gasteiger partial charge on any atom is -0.330 e. The van der Waals surface area contributed by atoms with Gasteiger partial charge in [-0.1, -0.05) is 40.6 Å². The number of nitrogens with one attached hydrogen (secondary N) is 1. The van der Waals surface area contributed by atoms with Crippen LogP contribution < -0.4 is 5.32 Å². The van der Waals surface area contributed by atoms with Crippen LogP contribution in [0.5, 0.6) is 0 Å². The first-order valence-electron chi connectivity index (χ1n) is 5.40. The number of hydrogen-bond donors (Lipinski definition) is 1. The van der Waals surface area contributed by atoms with Crippen molar-refractivity contribution in [2.24, 2.45) is 0 Å². The third kappa shape index (κ3) is 2.52. The van der Waals surface area contributed by atoms with Crippen LogP contribution in [0.25, 0.3) is 10.2 Å². The van der Waals surface area contributed by atoms with E-state index < -0.39 is 0 Å². The number of aromatic nitrogens is 1. The number of benzene rings is 2. The number of fused-ring (bicyclic) bond motifs is 1. The van der Waals surface area contributed by atoms with Crippen LogP contribution in [0, 0.1) is 5.82 Å². The molecule has 0 atom stereocenters. The molecule has 2 aromatic carbocycles. The second-order valence-corrected chi connectivity index (χ2v) is 5.67. The Balaban J connectivity index is 1.99. The van der Waals surface area contributed by atoms with E-state index in [-0.39, 0.29) is 5.82 Å². The third-order valence-electron chi connectivity index (χ3n) is 2.54. The van der Waals surface area contributed by atoms with Gasteiger partial charge in [0.2, 0.25) is 0 Å². The molecular formula is C13H7Cl2FN2S. The Kier molecular flexibility index (Phi) is 3.31. The summed E-state index contributed by atoms with van der Waals surface area (Å²) in [6.45, 7) is 0. The van der Waals surface area contributed by atoms with Crippen LogP contribution in [0.4, 0.5) is 15.2 Å². The van der Waals surface area contributed by atoms with Crippen LogP contribution in [-0.2, 0) is 0 Å². The predicted octanol–water partition coefficient (Wildman–Crippen LogP) is 5.49. The Morgan fingerprint density at radius 3 is 2.84 bits per heavy atom. The number of hydrogen-bond acceptors (Lipinski definition) is 3. The summed E-state index contributed by atoms with van der Waals surface area (Å²) >= 11 is 13.5. The van der Waals surface area contributed by atoms with E-state index in [9.17, 15) is 4.39 Å². The van der Waals surface area contributed by atoms with E-state index in [0.29, 0.717) is 26.4 Å². The third-order valence-corrected chi connectivity index (χ3v) is 4.31. The quantitative estimate of drug-likeness (QED) is 0.677. The van der Waals surface area contributed by atoms with E-state index >= 15 is 0 Å². The molecule has 0 fully saturated rings. The SMILES string of the molecule is Fc1ccc2sc(Nc3cccc(Cl)c3Cl)nc2c1. The number of thiazole rings is 1. The largest absolute Gasteiger partial charge is 0.330 e. The topological polar surface area (TPSA) is 24.9 Å². The molecule has 1 heterocycles. The van der Waals surface area contributed by atoms with Gasteiger partial charge in [0.25, 0.3) is 0 Å². The van der Waals surface area contributed by atoms with Gasteiger partial charge >= 0.3 is 0 Å². The maximum absolute atomic E-state index is 13.1. The molecule has 6 heteroatoms. The van der Waals surface area contributed by atoms with Gasteiger partial charge in [-0.25, -0.2) is 9.37 Å². The highest BCUT2D eigenvalue weighted by atomic mass is 35.5. The number of rotatable bonds is 2. The lowest BCUT2D eigenvalue weighted by Gasteiger charge is -2.05. The van der Waals surface area contributed by atoms with Crippen LogP contribution >= 0.6 is 34.5 Å². The normalized spacial score (nSPS) is 10.9. The zero-order valence-corrected chi connectivity index (χ0v) is 11.8. The Labute approximate surface area is 122 Å². The van der Waals surface area contributed by atoms with E-state index in [1.54, 1.807) is 24.3 Å². The molecule has 0 unspecified atom stereocenters. The summed E-state index contributed by atoms with van der Waals surface area (Å²) in [6.07, 6.45) is 0. The van der Waals surface area contributed by atoms with Crippen molar-refractivity contribution in [1.29, 1.82) is 0 Å². The van der Waals surface area contributed by atoms with Crippen LogP contribution in [0.1, 0.15) is 0 Å². The summed E-state index contributed by atoms with van der Waals surface area (Å²) in [5.41, 5.74) is 1.29. The number of halogens is 3. The second kappa shape index (κ2) is 4.96. The van der Waals surface area contributed by atoms with Gasteiger partial charge in [-0.05, 0) is 24.3 Å². The van der Waals surface area contributed by atoms with Crippen LogP contribution in [0.3, 0.4) is 0 Å². The van der Waals surface area contributed by atoms with Crippen molar-refractivity contribution in [3.05, 3.63) is 52.3 Å². The average Bonchev–Trinajstić information content (AvgIpc) is 2.76. The highest BCUT2D eigenvalue weighted by molar-refractivity contribution is 7.22. The molecule has 2 nitrogen and oxygen atoms in total. The summed E-state index contributed by atoms with van der Waals surface area (Å²) in [4.78, 5) is 4.31. The molecule has 0 bridgehead atoms. The monoisotopic (exact) mass is 312 g/mol. The number of nitrogens with zero attached hydrogens (tertiary/aromatic N) is 1. The van der Waals surface area contributed by atoms with Crippen molar-refractivity contribution >= 4 is 55.6 Å². The maximum atomic E-state index is 13.1. The van der Waals surface area contributed by atoms with Gasteiger partial charge in [-0.2, -0.15) is 0 Å². The van der Waals surface area contributed by atoms with E-state index in [4.69, 9.17) is 23.2 Å². The molecular weight excluding hydrogens is 306 g/mol. The molecule has 96 valence electrons. The summed E-state index contributed by atoms with van der Waals surface area (Å²) in [5.74, 6) is -0.301. The zero-order chi connectivity index (χ0) is 13.4. The van der Waals surface area contributed by atoms with Gasteiger partial charge in [0.1, 0.15) is 5.82 Å². The molecule has 1 aromatic heterocycles. The predicted molar refractivity (Wildman–Crippen MR) is 79.3 cm³/mol. The van der Waals surface area contributed by atoms with Gasteiger partial charge in [0, 0.05) is 6.07 Å². The first-order valence-corrected chi connectivity index (χ1v) is 6.98. The van der Waals surface area contributed by atoms with E-state index in [1.165, 1.54) is 23.5 Å².